The number of phosphoric acid groups is 1. The SMILES string of the molecule is O=C(O)N1C(OP(=O)(Oc2ccccc2)Oc2ccccc2)=COC[C@H]1CCCCOCc1ccccc1. The van der Waals surface area contributed by atoms with Crippen molar-refractivity contribution in [3.05, 3.63) is 109 Å². The number of hydrogen-bond acceptors (Lipinski definition) is 7. The number of benzene rings is 3. The number of carbonyl (C=O) groups is 1. The number of hydrogen-bond donors (Lipinski definition) is 1. The minimum absolute atomic E-state index is 0.132. The molecular formula is C28H30NO8P. The average molecular weight is 540 g/mol. The summed E-state index contributed by atoms with van der Waals surface area (Å²) in [6.07, 6.45) is 1.77. The summed E-state index contributed by atoms with van der Waals surface area (Å²) in [5.41, 5.74) is 1.09. The molecule has 0 saturated heterocycles. The first-order chi connectivity index (χ1) is 18.5. The number of unbranched alkanes of at least 4 members (excludes halogenated alkanes) is 1. The second kappa shape index (κ2) is 13.6. The minimum Gasteiger partial charge on any atom is -0.493 e. The van der Waals surface area contributed by atoms with E-state index in [4.69, 9.17) is 23.0 Å². The molecule has 1 aliphatic rings. The minimum atomic E-state index is -4.38. The predicted octanol–water partition coefficient (Wildman–Crippen LogP) is 6.83. The molecule has 38 heavy (non-hydrogen) atoms. The van der Waals surface area contributed by atoms with Gasteiger partial charge in [0.15, 0.2) is 0 Å². The van der Waals surface area contributed by atoms with E-state index >= 15 is 0 Å². The maximum Gasteiger partial charge on any atom is 0.648 e. The van der Waals surface area contributed by atoms with Crippen LogP contribution in [0.1, 0.15) is 24.8 Å². The van der Waals surface area contributed by atoms with Crippen molar-refractivity contribution in [3.63, 3.8) is 0 Å². The van der Waals surface area contributed by atoms with Crippen molar-refractivity contribution in [1.29, 1.82) is 0 Å². The van der Waals surface area contributed by atoms with E-state index < -0.39 is 20.0 Å². The van der Waals surface area contributed by atoms with Gasteiger partial charge in [-0.05, 0) is 49.1 Å². The third-order valence-electron chi connectivity index (χ3n) is 5.60. The molecule has 3 aromatic carbocycles. The van der Waals surface area contributed by atoms with Gasteiger partial charge < -0.3 is 28.2 Å². The summed E-state index contributed by atoms with van der Waals surface area (Å²) in [4.78, 5) is 13.2. The summed E-state index contributed by atoms with van der Waals surface area (Å²) in [6, 6.07) is 26.1. The number of para-hydroxylation sites is 2. The van der Waals surface area contributed by atoms with Crippen LogP contribution in [0.3, 0.4) is 0 Å². The average Bonchev–Trinajstić information content (AvgIpc) is 2.92. The van der Waals surface area contributed by atoms with Gasteiger partial charge in [0.2, 0.25) is 5.88 Å². The summed E-state index contributed by atoms with van der Waals surface area (Å²) >= 11 is 0. The second-order valence-electron chi connectivity index (χ2n) is 8.48. The third kappa shape index (κ3) is 8.03. The van der Waals surface area contributed by atoms with E-state index in [0.29, 0.717) is 26.1 Å². The Morgan fingerprint density at radius 3 is 2.03 bits per heavy atom. The van der Waals surface area contributed by atoms with E-state index in [1.54, 1.807) is 60.7 Å². The molecule has 3 aromatic rings. The lowest BCUT2D eigenvalue weighted by Gasteiger charge is -2.34. The molecule has 1 aliphatic heterocycles. The Morgan fingerprint density at radius 2 is 1.45 bits per heavy atom. The number of rotatable bonds is 13. The number of amides is 1. The smallest absolute Gasteiger partial charge is 0.493 e. The molecule has 1 N–H and O–H groups in total. The molecule has 0 spiro atoms. The number of nitrogens with zero attached hydrogens (tertiary/aromatic N) is 1. The lowest BCUT2D eigenvalue weighted by atomic mass is 10.1. The van der Waals surface area contributed by atoms with Crippen LogP contribution in [0.5, 0.6) is 11.5 Å². The van der Waals surface area contributed by atoms with Gasteiger partial charge in [0.25, 0.3) is 0 Å². The quantitative estimate of drug-likeness (QED) is 0.186. The fourth-order valence-corrected chi connectivity index (χ4v) is 5.04. The van der Waals surface area contributed by atoms with Crippen molar-refractivity contribution in [3.8, 4) is 11.5 Å². The van der Waals surface area contributed by atoms with Crippen LogP contribution in [0.4, 0.5) is 4.79 Å². The Balaban J connectivity index is 1.38. The van der Waals surface area contributed by atoms with Gasteiger partial charge in [-0.1, -0.05) is 66.7 Å². The van der Waals surface area contributed by atoms with Crippen molar-refractivity contribution in [1.82, 2.24) is 4.90 Å². The summed E-state index contributed by atoms with van der Waals surface area (Å²) in [5.74, 6) is 0.195. The molecule has 0 unspecified atom stereocenters. The van der Waals surface area contributed by atoms with Crippen LogP contribution in [-0.4, -0.2) is 35.4 Å². The molecule has 0 aromatic heterocycles. The van der Waals surface area contributed by atoms with Gasteiger partial charge in [-0.25, -0.2) is 9.69 Å². The first-order valence-corrected chi connectivity index (χ1v) is 13.7. The summed E-state index contributed by atoms with van der Waals surface area (Å²) in [6.45, 7) is 1.20. The first-order valence-electron chi connectivity index (χ1n) is 12.3. The van der Waals surface area contributed by atoms with E-state index in [1.165, 1.54) is 0 Å². The first kappa shape index (κ1) is 27.1. The number of carboxylic acid groups (broad SMARTS) is 1. The Kier molecular flexibility index (Phi) is 9.67. The van der Waals surface area contributed by atoms with Gasteiger partial charge in [-0.15, -0.1) is 0 Å². The fourth-order valence-electron chi connectivity index (χ4n) is 3.81. The van der Waals surface area contributed by atoms with Crippen molar-refractivity contribution < 1.29 is 37.5 Å². The van der Waals surface area contributed by atoms with E-state index in [9.17, 15) is 14.5 Å². The topological polar surface area (TPSA) is 104 Å². The van der Waals surface area contributed by atoms with E-state index in [1.807, 2.05) is 30.3 Å². The highest BCUT2D eigenvalue weighted by molar-refractivity contribution is 7.49. The lowest BCUT2D eigenvalue weighted by molar-refractivity contribution is 0.0403. The van der Waals surface area contributed by atoms with E-state index in [-0.39, 0.29) is 24.0 Å². The molecule has 1 amide bonds. The van der Waals surface area contributed by atoms with Gasteiger partial charge in [-0.3, -0.25) is 0 Å². The molecule has 0 fully saturated rings. The molecule has 1 heterocycles. The molecule has 0 bridgehead atoms. The Morgan fingerprint density at radius 1 is 0.868 bits per heavy atom. The van der Waals surface area contributed by atoms with Gasteiger partial charge in [0.05, 0.1) is 12.6 Å². The van der Waals surface area contributed by atoms with Crippen LogP contribution in [0, 0.1) is 0 Å². The van der Waals surface area contributed by atoms with Crippen LogP contribution in [0.25, 0.3) is 0 Å². The maximum atomic E-state index is 13.7. The van der Waals surface area contributed by atoms with E-state index in [2.05, 4.69) is 0 Å². The molecular weight excluding hydrogens is 509 g/mol. The van der Waals surface area contributed by atoms with Crippen molar-refractivity contribution in [2.45, 2.75) is 31.9 Å². The third-order valence-corrected chi connectivity index (χ3v) is 6.87. The van der Waals surface area contributed by atoms with Crippen LogP contribution in [-0.2, 0) is 25.2 Å². The van der Waals surface area contributed by atoms with Gasteiger partial charge in [0, 0.05) is 6.61 Å². The zero-order valence-corrected chi connectivity index (χ0v) is 21.7. The molecule has 9 nitrogen and oxygen atoms in total. The maximum absolute atomic E-state index is 13.7. The fraction of sp³-hybridized carbons (Fsp3) is 0.250. The highest BCUT2D eigenvalue weighted by Crippen LogP contribution is 2.52. The van der Waals surface area contributed by atoms with Crippen LogP contribution >= 0.6 is 7.82 Å². The molecule has 4 rings (SSSR count). The van der Waals surface area contributed by atoms with Gasteiger partial charge in [0.1, 0.15) is 24.4 Å². The molecule has 0 saturated carbocycles. The van der Waals surface area contributed by atoms with Gasteiger partial charge in [-0.2, -0.15) is 4.57 Å². The van der Waals surface area contributed by atoms with Crippen molar-refractivity contribution in [2.75, 3.05) is 13.2 Å². The zero-order valence-electron chi connectivity index (χ0n) is 20.8. The highest BCUT2D eigenvalue weighted by atomic mass is 31.2. The summed E-state index contributed by atoms with van der Waals surface area (Å²) in [7, 11) is -4.38. The highest BCUT2D eigenvalue weighted by Gasteiger charge is 2.40. The largest absolute Gasteiger partial charge is 0.648 e. The van der Waals surface area contributed by atoms with Crippen LogP contribution < -0.4 is 9.05 Å². The normalized spacial score (nSPS) is 15.2. The summed E-state index contributed by atoms with van der Waals surface area (Å²) in [5, 5.41) is 9.98. The van der Waals surface area contributed by atoms with Crippen molar-refractivity contribution in [2.24, 2.45) is 0 Å². The van der Waals surface area contributed by atoms with Gasteiger partial charge >= 0.3 is 13.9 Å². The number of ether oxygens (including phenoxy) is 2. The Labute approximate surface area is 221 Å². The lowest BCUT2D eigenvalue weighted by Crippen LogP contribution is -2.44. The van der Waals surface area contributed by atoms with Crippen LogP contribution in [0.15, 0.2) is 103 Å². The standard InChI is InChI=1S/C28H30NO8P/c30-28(31)29-24(14-10-11-19-33-20-23-12-4-1-5-13-23)21-34-22-27(29)37-38(32,35-25-15-6-2-7-16-25)36-26-17-8-3-9-18-26/h1-9,12-13,15-18,22,24H,10-11,14,19-21H2,(H,30,31)/t24-/m1/s1. The second-order valence-corrected chi connectivity index (χ2v) is 9.92. The van der Waals surface area contributed by atoms with E-state index in [0.717, 1.165) is 23.1 Å². The zero-order chi connectivity index (χ0) is 26.6. The Bertz CT molecular complexity index is 1180. The predicted molar refractivity (Wildman–Crippen MR) is 140 cm³/mol. The molecule has 10 heteroatoms. The monoisotopic (exact) mass is 539 g/mol. The molecule has 1 atom stereocenters. The van der Waals surface area contributed by atoms with Crippen LogP contribution in [0.2, 0.25) is 0 Å². The molecule has 0 aliphatic carbocycles. The number of phosphoric ester groups is 1. The molecule has 0 radical (unpaired) electrons. The summed E-state index contributed by atoms with van der Waals surface area (Å²) < 4.78 is 41.8. The molecule has 200 valence electrons. The Hall–Kier alpha value is -3.94. The van der Waals surface area contributed by atoms with Crippen molar-refractivity contribution >= 4 is 13.9 Å².